The molecule has 0 aromatic heterocycles. The van der Waals surface area contributed by atoms with Crippen molar-refractivity contribution < 1.29 is 30.0 Å². The minimum Gasteiger partial charge on any atom is -0.458 e. The van der Waals surface area contributed by atoms with Crippen LogP contribution < -0.4 is 0 Å². The quantitative estimate of drug-likeness (QED) is 0.241. The van der Waals surface area contributed by atoms with Gasteiger partial charge in [0, 0.05) is 30.3 Å². The number of aliphatic hydroxyl groups excluding tert-OH is 4. The van der Waals surface area contributed by atoms with E-state index >= 15 is 0 Å². The molecule has 0 aromatic carbocycles. The van der Waals surface area contributed by atoms with Gasteiger partial charge in [0.15, 0.2) is 0 Å². The number of carbonyl (C=O) groups is 1. The number of ether oxygens (including phenoxy) is 1. The molecule has 6 nitrogen and oxygen atoms in total. The summed E-state index contributed by atoms with van der Waals surface area (Å²) in [5.74, 6) is -0.708. The van der Waals surface area contributed by atoms with Gasteiger partial charge in [0.1, 0.15) is 6.10 Å². The molecular weight excluding hydrogens is 468 g/mol. The first-order chi connectivity index (χ1) is 17.5. The SMILES string of the molecule is C=C/C=C\[C@H](C)C1OC(=O)/C=C\C=C\C[C@@H](O)C[C@H](O)/C=C\[C@H](C)[C@H](O)[C@@H](C)C[C@@H](C)CCC(O)[C@@H]1C. The molecule has 1 aliphatic rings. The molecule has 4 N–H and O–H groups in total. The van der Waals surface area contributed by atoms with Crippen LogP contribution in [0.15, 0.2) is 61.3 Å². The lowest BCUT2D eigenvalue weighted by molar-refractivity contribution is -0.150. The molecule has 0 bridgehead atoms. The lowest BCUT2D eigenvalue weighted by Crippen LogP contribution is -2.37. The van der Waals surface area contributed by atoms with Gasteiger partial charge in [-0.3, -0.25) is 0 Å². The van der Waals surface area contributed by atoms with Crippen molar-refractivity contribution in [3.63, 3.8) is 0 Å². The molecule has 0 radical (unpaired) electrons. The maximum atomic E-state index is 12.5. The summed E-state index contributed by atoms with van der Waals surface area (Å²) >= 11 is 0. The number of hydrogen-bond donors (Lipinski definition) is 4. The standard InChI is InChI=1S/C31H50O6/c1-7-8-12-23(4)31-25(6)28(34)18-15-21(2)19-24(5)30(36)22(3)16-17-27(33)20-26(32)13-10-9-11-14-29(35)37-31/h7-12,14,16-17,21-28,30-34,36H,1,13,15,18-20H2,2-6H3/b10-9+,12-8-,14-11-,17-16-/t21-,22-,23-,24-,25-,26+,27+,28?,30-,31?/m0/s1. The van der Waals surface area contributed by atoms with Crippen molar-refractivity contribution in [3.05, 3.63) is 61.3 Å². The Morgan fingerprint density at radius 2 is 1.73 bits per heavy atom. The zero-order valence-electron chi connectivity index (χ0n) is 23.3. The second-order valence-electron chi connectivity index (χ2n) is 10.9. The van der Waals surface area contributed by atoms with Crippen LogP contribution in [0.1, 0.15) is 66.7 Å². The third-order valence-corrected chi connectivity index (χ3v) is 7.34. The van der Waals surface area contributed by atoms with E-state index in [1.165, 1.54) is 6.08 Å². The second-order valence-corrected chi connectivity index (χ2v) is 10.9. The third-order valence-electron chi connectivity index (χ3n) is 7.34. The summed E-state index contributed by atoms with van der Waals surface area (Å²) in [5, 5.41) is 42.2. The van der Waals surface area contributed by atoms with Crippen LogP contribution in [0.25, 0.3) is 0 Å². The van der Waals surface area contributed by atoms with Gasteiger partial charge in [-0.15, -0.1) is 0 Å². The Bertz CT molecular complexity index is 785. The molecule has 1 rings (SSSR count). The van der Waals surface area contributed by atoms with E-state index in [2.05, 4.69) is 13.5 Å². The van der Waals surface area contributed by atoms with Crippen molar-refractivity contribution in [2.45, 2.75) is 97.2 Å². The van der Waals surface area contributed by atoms with Gasteiger partial charge in [-0.2, -0.15) is 0 Å². The van der Waals surface area contributed by atoms with Crippen LogP contribution in [0.4, 0.5) is 0 Å². The summed E-state index contributed by atoms with van der Waals surface area (Å²) in [4.78, 5) is 12.5. The maximum Gasteiger partial charge on any atom is 0.331 e. The summed E-state index contributed by atoms with van der Waals surface area (Å²) in [7, 11) is 0. The Kier molecular flexibility index (Phi) is 15.6. The Labute approximate surface area is 224 Å². The van der Waals surface area contributed by atoms with Gasteiger partial charge in [0.05, 0.1) is 24.4 Å². The van der Waals surface area contributed by atoms with E-state index in [9.17, 15) is 25.2 Å². The Morgan fingerprint density at radius 1 is 1.03 bits per heavy atom. The summed E-state index contributed by atoms with van der Waals surface area (Å²) in [6.07, 6.45) is 14.5. The smallest absolute Gasteiger partial charge is 0.331 e. The van der Waals surface area contributed by atoms with Crippen molar-refractivity contribution in [3.8, 4) is 0 Å². The van der Waals surface area contributed by atoms with Crippen molar-refractivity contribution in [1.29, 1.82) is 0 Å². The predicted octanol–water partition coefficient (Wildman–Crippen LogP) is 4.90. The van der Waals surface area contributed by atoms with Gasteiger partial charge in [-0.25, -0.2) is 4.79 Å². The Balaban J connectivity index is 3.10. The highest BCUT2D eigenvalue weighted by molar-refractivity contribution is 5.82. The van der Waals surface area contributed by atoms with Gasteiger partial charge in [0.25, 0.3) is 0 Å². The number of carbonyl (C=O) groups excluding carboxylic acids is 1. The van der Waals surface area contributed by atoms with E-state index in [1.807, 2.05) is 45.9 Å². The molecule has 37 heavy (non-hydrogen) atoms. The second kappa shape index (κ2) is 17.5. The zero-order valence-corrected chi connectivity index (χ0v) is 23.3. The Morgan fingerprint density at radius 3 is 2.41 bits per heavy atom. The largest absolute Gasteiger partial charge is 0.458 e. The molecular formula is C31H50O6. The molecule has 0 saturated carbocycles. The van der Waals surface area contributed by atoms with Crippen LogP contribution in [0.2, 0.25) is 0 Å². The lowest BCUT2D eigenvalue weighted by Gasteiger charge is -2.31. The van der Waals surface area contributed by atoms with E-state index in [4.69, 9.17) is 4.74 Å². The number of aliphatic hydroxyl groups is 4. The molecule has 0 spiro atoms. The van der Waals surface area contributed by atoms with Crippen molar-refractivity contribution in [2.24, 2.45) is 29.6 Å². The van der Waals surface area contributed by atoms with E-state index in [0.29, 0.717) is 12.8 Å². The Hall–Kier alpha value is -1.99. The van der Waals surface area contributed by atoms with Crippen LogP contribution in [-0.2, 0) is 9.53 Å². The molecule has 0 aliphatic carbocycles. The molecule has 10 atom stereocenters. The predicted molar refractivity (Wildman–Crippen MR) is 150 cm³/mol. The van der Waals surface area contributed by atoms with E-state index < -0.39 is 36.5 Å². The first-order valence-electron chi connectivity index (χ1n) is 13.7. The highest BCUT2D eigenvalue weighted by Gasteiger charge is 2.31. The molecule has 6 heteroatoms. The van der Waals surface area contributed by atoms with Gasteiger partial charge >= 0.3 is 5.97 Å². The van der Waals surface area contributed by atoms with Crippen molar-refractivity contribution in [1.82, 2.24) is 0 Å². The van der Waals surface area contributed by atoms with E-state index in [0.717, 1.165) is 12.8 Å². The molecule has 1 heterocycles. The van der Waals surface area contributed by atoms with E-state index in [-0.39, 0.29) is 36.0 Å². The average molecular weight is 519 g/mol. The van der Waals surface area contributed by atoms with E-state index in [1.54, 1.807) is 30.4 Å². The first kappa shape index (κ1) is 33.0. The van der Waals surface area contributed by atoms with Crippen molar-refractivity contribution >= 4 is 5.97 Å². The van der Waals surface area contributed by atoms with Crippen molar-refractivity contribution in [2.75, 3.05) is 0 Å². The van der Waals surface area contributed by atoms with Crippen LogP contribution in [0.5, 0.6) is 0 Å². The number of allylic oxidation sites excluding steroid dienone is 4. The molecule has 0 saturated heterocycles. The maximum absolute atomic E-state index is 12.5. The van der Waals surface area contributed by atoms with Gasteiger partial charge in [-0.05, 0) is 37.5 Å². The molecule has 1 aliphatic heterocycles. The highest BCUT2D eigenvalue weighted by Crippen LogP contribution is 2.28. The molecule has 210 valence electrons. The molecule has 0 fully saturated rings. The minimum absolute atomic E-state index is 0.0412. The highest BCUT2D eigenvalue weighted by atomic mass is 16.5. The molecule has 0 amide bonds. The summed E-state index contributed by atoms with van der Waals surface area (Å²) in [6.45, 7) is 13.6. The summed E-state index contributed by atoms with van der Waals surface area (Å²) in [6, 6.07) is 0. The normalized spacial score (nSPS) is 39.5. The van der Waals surface area contributed by atoms with Crippen LogP contribution in [-0.4, -0.2) is 56.9 Å². The fraction of sp³-hybridized carbons (Fsp3) is 0.645. The first-order valence-corrected chi connectivity index (χ1v) is 13.7. The third kappa shape index (κ3) is 12.9. The molecule has 0 aromatic rings. The van der Waals surface area contributed by atoms with Gasteiger partial charge in [-0.1, -0.05) is 89.8 Å². The zero-order chi connectivity index (χ0) is 28.0. The van der Waals surface area contributed by atoms with Crippen LogP contribution in [0.3, 0.4) is 0 Å². The number of cyclic esters (lactones) is 1. The topological polar surface area (TPSA) is 107 Å². The lowest BCUT2D eigenvalue weighted by atomic mass is 9.82. The summed E-state index contributed by atoms with van der Waals surface area (Å²) in [5.41, 5.74) is 0. The summed E-state index contributed by atoms with van der Waals surface area (Å²) < 4.78 is 5.78. The van der Waals surface area contributed by atoms with Gasteiger partial charge in [0.2, 0.25) is 0 Å². The van der Waals surface area contributed by atoms with Crippen LogP contribution in [0, 0.1) is 29.6 Å². The number of hydrogen-bond acceptors (Lipinski definition) is 6. The molecule has 2 unspecified atom stereocenters. The average Bonchev–Trinajstić information content (AvgIpc) is 2.85. The fourth-order valence-corrected chi connectivity index (χ4v) is 4.90. The monoisotopic (exact) mass is 518 g/mol. The van der Waals surface area contributed by atoms with Gasteiger partial charge < -0.3 is 25.2 Å². The van der Waals surface area contributed by atoms with Crippen LogP contribution >= 0.6 is 0 Å². The fourth-order valence-electron chi connectivity index (χ4n) is 4.90. The minimum atomic E-state index is -0.812. The number of esters is 1. The number of rotatable bonds is 3.